The Balaban J connectivity index is 2.23. The van der Waals surface area contributed by atoms with Crippen LogP contribution in [-0.2, 0) is 6.42 Å². The van der Waals surface area contributed by atoms with Crippen LogP contribution in [0.2, 0.25) is 0 Å². The lowest BCUT2D eigenvalue weighted by Crippen LogP contribution is -1.98. The summed E-state index contributed by atoms with van der Waals surface area (Å²) in [4.78, 5) is 13.3. The van der Waals surface area contributed by atoms with E-state index in [2.05, 4.69) is 21.9 Å². The van der Waals surface area contributed by atoms with Crippen LogP contribution in [-0.4, -0.2) is 15.0 Å². The lowest BCUT2D eigenvalue weighted by molar-refractivity contribution is 1.14. The normalized spacial score (nSPS) is 10.9. The summed E-state index contributed by atoms with van der Waals surface area (Å²) in [5, 5.41) is 0. The first kappa shape index (κ1) is 12.5. The molecule has 0 aliphatic carbocycles. The first-order valence-electron chi connectivity index (χ1n) is 6.45. The second kappa shape index (κ2) is 4.89. The molecular formula is C16H15N4. The van der Waals surface area contributed by atoms with E-state index in [0.717, 1.165) is 33.5 Å². The SMILES string of the molecule is [CH2]Cc1ccc2nc(-c3cnccc3C)cc(N)c2n1. The van der Waals surface area contributed by atoms with Crippen molar-refractivity contribution in [1.82, 2.24) is 15.0 Å². The number of aryl methyl sites for hydroxylation is 1. The predicted molar refractivity (Wildman–Crippen MR) is 81.0 cm³/mol. The number of rotatable bonds is 2. The quantitative estimate of drug-likeness (QED) is 0.772. The zero-order valence-corrected chi connectivity index (χ0v) is 11.3. The zero-order valence-electron chi connectivity index (χ0n) is 11.3. The molecule has 1 radical (unpaired) electrons. The molecule has 0 aliphatic rings. The Morgan fingerprint density at radius 3 is 2.80 bits per heavy atom. The van der Waals surface area contributed by atoms with Crippen LogP contribution in [0, 0.1) is 13.8 Å². The smallest absolute Gasteiger partial charge is 0.112 e. The Morgan fingerprint density at radius 2 is 2.05 bits per heavy atom. The Morgan fingerprint density at radius 1 is 1.20 bits per heavy atom. The summed E-state index contributed by atoms with van der Waals surface area (Å²) in [6.07, 6.45) is 4.21. The molecule has 0 amide bonds. The zero-order chi connectivity index (χ0) is 14.1. The van der Waals surface area contributed by atoms with Gasteiger partial charge in [0.15, 0.2) is 0 Å². The van der Waals surface area contributed by atoms with Crippen molar-refractivity contribution in [2.45, 2.75) is 13.3 Å². The minimum Gasteiger partial charge on any atom is -0.397 e. The molecule has 0 fully saturated rings. The number of hydrogen-bond donors (Lipinski definition) is 1. The highest BCUT2D eigenvalue weighted by atomic mass is 14.8. The first-order valence-corrected chi connectivity index (χ1v) is 6.45. The fraction of sp³-hybridized carbons (Fsp3) is 0.125. The van der Waals surface area contributed by atoms with Crippen LogP contribution in [0.15, 0.2) is 36.7 Å². The van der Waals surface area contributed by atoms with Gasteiger partial charge in [0.1, 0.15) is 5.52 Å². The molecule has 0 aliphatic heterocycles. The fourth-order valence-electron chi connectivity index (χ4n) is 2.18. The van der Waals surface area contributed by atoms with Crippen molar-refractivity contribution in [3.63, 3.8) is 0 Å². The monoisotopic (exact) mass is 263 g/mol. The van der Waals surface area contributed by atoms with Crippen molar-refractivity contribution >= 4 is 16.7 Å². The lowest BCUT2D eigenvalue weighted by Gasteiger charge is -2.08. The summed E-state index contributed by atoms with van der Waals surface area (Å²) in [6.45, 7) is 5.87. The maximum absolute atomic E-state index is 6.12. The van der Waals surface area contributed by atoms with Gasteiger partial charge in [0.25, 0.3) is 0 Å². The van der Waals surface area contributed by atoms with Gasteiger partial charge in [-0.15, -0.1) is 0 Å². The third-order valence-electron chi connectivity index (χ3n) is 3.31. The summed E-state index contributed by atoms with van der Waals surface area (Å²) in [5.74, 6) is 0. The molecule has 0 aromatic carbocycles. The van der Waals surface area contributed by atoms with Crippen LogP contribution in [0.3, 0.4) is 0 Å². The molecule has 0 atom stereocenters. The van der Waals surface area contributed by atoms with E-state index in [4.69, 9.17) is 5.73 Å². The summed E-state index contributed by atoms with van der Waals surface area (Å²) < 4.78 is 0. The average molecular weight is 263 g/mol. The maximum atomic E-state index is 6.12. The molecule has 20 heavy (non-hydrogen) atoms. The van der Waals surface area contributed by atoms with E-state index in [1.807, 2.05) is 31.2 Å². The van der Waals surface area contributed by atoms with Crippen LogP contribution >= 0.6 is 0 Å². The molecule has 3 aromatic rings. The van der Waals surface area contributed by atoms with E-state index in [0.29, 0.717) is 12.1 Å². The number of aromatic nitrogens is 3. The average Bonchev–Trinajstić information content (AvgIpc) is 2.47. The van der Waals surface area contributed by atoms with Crippen molar-refractivity contribution in [2.24, 2.45) is 0 Å². The molecule has 2 N–H and O–H groups in total. The van der Waals surface area contributed by atoms with Crippen molar-refractivity contribution in [1.29, 1.82) is 0 Å². The van der Waals surface area contributed by atoms with Gasteiger partial charge in [0, 0.05) is 23.7 Å². The molecule has 0 saturated carbocycles. The topological polar surface area (TPSA) is 64.7 Å². The highest BCUT2D eigenvalue weighted by molar-refractivity contribution is 5.89. The van der Waals surface area contributed by atoms with Crippen LogP contribution in [0.5, 0.6) is 0 Å². The number of fused-ring (bicyclic) bond motifs is 1. The Labute approximate surface area is 117 Å². The molecule has 0 saturated heterocycles. The Kier molecular flexibility index (Phi) is 3.06. The molecule has 0 bridgehead atoms. The molecule has 3 rings (SSSR count). The van der Waals surface area contributed by atoms with Crippen molar-refractivity contribution < 1.29 is 0 Å². The van der Waals surface area contributed by atoms with Crippen molar-refractivity contribution in [3.05, 3.63) is 54.8 Å². The standard InChI is InChI=1S/C16H15N4/c1-3-11-4-5-14-16(19-11)13(17)8-15(20-14)12-9-18-7-6-10(12)2/h4-9H,1,3H2,2H3,(H2,17,20). The molecule has 4 heteroatoms. The second-order valence-corrected chi connectivity index (χ2v) is 4.71. The van der Waals surface area contributed by atoms with Crippen molar-refractivity contribution in [3.8, 4) is 11.3 Å². The van der Waals surface area contributed by atoms with Crippen molar-refractivity contribution in [2.75, 3.05) is 5.73 Å². The van der Waals surface area contributed by atoms with Crippen LogP contribution in [0.25, 0.3) is 22.3 Å². The summed E-state index contributed by atoms with van der Waals surface area (Å²) >= 11 is 0. The van der Waals surface area contributed by atoms with E-state index in [1.54, 1.807) is 12.4 Å². The number of nitrogens with zero attached hydrogens (tertiary/aromatic N) is 3. The highest BCUT2D eigenvalue weighted by Crippen LogP contribution is 2.26. The third-order valence-corrected chi connectivity index (χ3v) is 3.31. The molecule has 0 spiro atoms. The van der Waals surface area contributed by atoms with E-state index in [9.17, 15) is 0 Å². The van der Waals surface area contributed by atoms with Gasteiger partial charge in [0.2, 0.25) is 0 Å². The van der Waals surface area contributed by atoms with Gasteiger partial charge < -0.3 is 5.73 Å². The number of pyridine rings is 3. The molecule has 3 aromatic heterocycles. The van der Waals surface area contributed by atoms with Gasteiger partial charge in [-0.3, -0.25) is 4.98 Å². The van der Waals surface area contributed by atoms with Crippen LogP contribution in [0.4, 0.5) is 5.69 Å². The Bertz CT molecular complexity index is 781. The summed E-state index contributed by atoms with van der Waals surface area (Å²) in [5.41, 5.74) is 12.1. The molecule has 3 heterocycles. The van der Waals surface area contributed by atoms with Gasteiger partial charge >= 0.3 is 0 Å². The van der Waals surface area contributed by atoms with Gasteiger partial charge in [0.05, 0.1) is 16.9 Å². The van der Waals surface area contributed by atoms with Crippen LogP contribution in [0.1, 0.15) is 11.3 Å². The van der Waals surface area contributed by atoms with Crippen LogP contribution < -0.4 is 5.73 Å². The van der Waals surface area contributed by atoms with E-state index in [1.165, 1.54) is 0 Å². The van der Waals surface area contributed by atoms with E-state index in [-0.39, 0.29) is 0 Å². The first-order chi connectivity index (χ1) is 9.69. The maximum Gasteiger partial charge on any atom is 0.112 e. The molecule has 4 nitrogen and oxygen atoms in total. The number of nitrogen functional groups attached to an aromatic ring is 1. The third kappa shape index (κ3) is 2.09. The number of nitrogens with two attached hydrogens (primary N) is 1. The lowest BCUT2D eigenvalue weighted by atomic mass is 10.1. The van der Waals surface area contributed by atoms with Gasteiger partial charge in [-0.2, -0.15) is 0 Å². The molecule has 99 valence electrons. The predicted octanol–water partition coefficient (Wildman–Crippen LogP) is 2.96. The van der Waals surface area contributed by atoms with Gasteiger partial charge in [-0.05, 0) is 50.1 Å². The Hall–Kier alpha value is -2.49. The molecular weight excluding hydrogens is 248 g/mol. The fourth-order valence-corrected chi connectivity index (χ4v) is 2.18. The van der Waals surface area contributed by atoms with Gasteiger partial charge in [-0.1, -0.05) is 0 Å². The largest absolute Gasteiger partial charge is 0.397 e. The summed E-state index contributed by atoms with van der Waals surface area (Å²) in [7, 11) is 0. The van der Waals surface area contributed by atoms with E-state index >= 15 is 0 Å². The number of hydrogen-bond acceptors (Lipinski definition) is 4. The summed E-state index contributed by atoms with van der Waals surface area (Å²) in [6, 6.07) is 7.68. The molecule has 0 unspecified atom stereocenters. The number of anilines is 1. The van der Waals surface area contributed by atoms with E-state index < -0.39 is 0 Å². The second-order valence-electron chi connectivity index (χ2n) is 4.71. The van der Waals surface area contributed by atoms with Gasteiger partial charge in [-0.25, -0.2) is 9.97 Å². The minimum absolute atomic E-state index is 0.628. The minimum atomic E-state index is 0.628. The highest BCUT2D eigenvalue weighted by Gasteiger charge is 2.09.